The Kier molecular flexibility index (Phi) is 2.49. The van der Waals surface area contributed by atoms with Gasteiger partial charge in [-0.25, -0.2) is 0 Å². The van der Waals surface area contributed by atoms with Crippen LogP contribution in [0.3, 0.4) is 0 Å². The molecule has 0 radical (unpaired) electrons. The molecular formula is C7H16N2. The Labute approximate surface area is 56.8 Å². The second-order valence-electron chi connectivity index (χ2n) is 2.77. The molecule has 9 heavy (non-hydrogen) atoms. The van der Waals surface area contributed by atoms with Gasteiger partial charge in [0, 0.05) is 12.1 Å². The molecule has 0 aromatic heterocycles. The van der Waals surface area contributed by atoms with E-state index in [0.717, 1.165) is 6.54 Å². The first-order valence-corrected chi connectivity index (χ1v) is 3.83. The maximum absolute atomic E-state index is 5.83. The van der Waals surface area contributed by atoms with E-state index in [-0.39, 0.29) is 0 Å². The topological polar surface area (TPSA) is 38.0 Å². The van der Waals surface area contributed by atoms with Crippen molar-refractivity contribution in [1.29, 1.82) is 0 Å². The van der Waals surface area contributed by atoms with Crippen molar-refractivity contribution >= 4 is 0 Å². The molecule has 0 amide bonds. The van der Waals surface area contributed by atoms with Gasteiger partial charge >= 0.3 is 0 Å². The first-order valence-electron chi connectivity index (χ1n) is 3.83. The molecule has 3 N–H and O–H groups in total. The van der Waals surface area contributed by atoms with Gasteiger partial charge in [0.1, 0.15) is 0 Å². The summed E-state index contributed by atoms with van der Waals surface area (Å²) in [5.74, 6) is 0. The monoisotopic (exact) mass is 128 g/mol. The molecule has 1 rings (SSSR count). The lowest BCUT2D eigenvalue weighted by Gasteiger charge is -2.28. The highest BCUT2D eigenvalue weighted by Crippen LogP contribution is 2.07. The highest BCUT2D eigenvalue weighted by Gasteiger charge is 2.18. The van der Waals surface area contributed by atoms with Crippen LogP contribution in [0.15, 0.2) is 0 Å². The third-order valence-electron chi connectivity index (χ3n) is 2.08. The summed E-state index contributed by atoms with van der Waals surface area (Å²) in [6, 6.07) is 0.988. The average Bonchev–Trinajstić information content (AvgIpc) is 1.89. The van der Waals surface area contributed by atoms with Crippen molar-refractivity contribution in [2.24, 2.45) is 5.73 Å². The Balaban J connectivity index is 2.30. The van der Waals surface area contributed by atoms with Crippen LogP contribution in [0, 0.1) is 0 Å². The van der Waals surface area contributed by atoms with Gasteiger partial charge < -0.3 is 11.1 Å². The normalized spacial score (nSPS) is 36.7. The Morgan fingerprint density at radius 2 is 2.44 bits per heavy atom. The quantitative estimate of drug-likeness (QED) is 0.539. The van der Waals surface area contributed by atoms with Gasteiger partial charge in [0.25, 0.3) is 0 Å². The van der Waals surface area contributed by atoms with Gasteiger partial charge in [-0.3, -0.25) is 0 Å². The predicted molar refractivity (Wildman–Crippen MR) is 39.3 cm³/mol. The van der Waals surface area contributed by atoms with Crippen molar-refractivity contribution in [1.82, 2.24) is 5.32 Å². The zero-order chi connectivity index (χ0) is 6.69. The molecule has 0 bridgehead atoms. The van der Waals surface area contributed by atoms with Crippen molar-refractivity contribution in [2.75, 3.05) is 6.54 Å². The molecule has 1 aliphatic rings. The van der Waals surface area contributed by atoms with Crippen LogP contribution in [0.25, 0.3) is 0 Å². The SMILES string of the molecule is CC[C@@H]1NCCC[C@@H]1N. The molecule has 0 unspecified atom stereocenters. The summed E-state index contributed by atoms with van der Waals surface area (Å²) in [5, 5.41) is 3.39. The standard InChI is InChI=1S/C7H16N2/c1-2-7-6(8)4-3-5-9-7/h6-7,9H,2-5,8H2,1H3/t6-,7-/m0/s1. The third-order valence-corrected chi connectivity index (χ3v) is 2.08. The van der Waals surface area contributed by atoms with Gasteiger partial charge in [0.05, 0.1) is 0 Å². The summed E-state index contributed by atoms with van der Waals surface area (Å²) < 4.78 is 0. The molecule has 1 aliphatic heterocycles. The lowest BCUT2D eigenvalue weighted by molar-refractivity contribution is 0.343. The van der Waals surface area contributed by atoms with E-state index in [1.54, 1.807) is 0 Å². The summed E-state index contributed by atoms with van der Waals surface area (Å²) >= 11 is 0. The lowest BCUT2D eigenvalue weighted by Crippen LogP contribution is -2.48. The van der Waals surface area contributed by atoms with E-state index >= 15 is 0 Å². The van der Waals surface area contributed by atoms with Crippen LogP contribution in [-0.2, 0) is 0 Å². The fraction of sp³-hybridized carbons (Fsp3) is 1.00. The van der Waals surface area contributed by atoms with E-state index in [1.165, 1.54) is 19.3 Å². The van der Waals surface area contributed by atoms with Crippen molar-refractivity contribution in [2.45, 2.75) is 38.3 Å². The number of hydrogen-bond acceptors (Lipinski definition) is 2. The summed E-state index contributed by atoms with van der Waals surface area (Å²) in [6.45, 7) is 3.34. The predicted octanol–water partition coefficient (Wildman–Crippen LogP) is 0.476. The highest BCUT2D eigenvalue weighted by molar-refractivity contribution is 4.82. The van der Waals surface area contributed by atoms with Gasteiger partial charge in [-0.1, -0.05) is 6.92 Å². The largest absolute Gasteiger partial charge is 0.326 e. The molecule has 0 spiro atoms. The Hall–Kier alpha value is -0.0800. The van der Waals surface area contributed by atoms with Crippen LogP contribution >= 0.6 is 0 Å². The van der Waals surface area contributed by atoms with E-state index in [1.807, 2.05) is 0 Å². The maximum atomic E-state index is 5.83. The molecule has 0 saturated carbocycles. The first kappa shape index (κ1) is 7.03. The Morgan fingerprint density at radius 1 is 1.67 bits per heavy atom. The van der Waals surface area contributed by atoms with Crippen LogP contribution in [-0.4, -0.2) is 18.6 Å². The van der Waals surface area contributed by atoms with Crippen molar-refractivity contribution in [3.05, 3.63) is 0 Å². The van der Waals surface area contributed by atoms with Gasteiger partial charge in [-0.05, 0) is 25.8 Å². The molecule has 1 fully saturated rings. The van der Waals surface area contributed by atoms with Crippen LogP contribution in [0.1, 0.15) is 26.2 Å². The minimum Gasteiger partial charge on any atom is -0.326 e. The minimum atomic E-state index is 0.406. The molecule has 2 heteroatoms. The van der Waals surface area contributed by atoms with E-state index < -0.39 is 0 Å². The van der Waals surface area contributed by atoms with E-state index in [0.29, 0.717) is 12.1 Å². The average molecular weight is 128 g/mol. The number of hydrogen-bond donors (Lipinski definition) is 2. The third kappa shape index (κ3) is 1.66. The molecule has 54 valence electrons. The Bertz CT molecular complexity index is 83.0. The fourth-order valence-electron chi connectivity index (χ4n) is 1.42. The van der Waals surface area contributed by atoms with Gasteiger partial charge in [-0.15, -0.1) is 0 Å². The van der Waals surface area contributed by atoms with E-state index in [2.05, 4.69) is 12.2 Å². The van der Waals surface area contributed by atoms with Crippen LogP contribution in [0.5, 0.6) is 0 Å². The number of nitrogens with two attached hydrogens (primary N) is 1. The number of rotatable bonds is 1. The second kappa shape index (κ2) is 3.18. The van der Waals surface area contributed by atoms with Crippen LogP contribution in [0.4, 0.5) is 0 Å². The van der Waals surface area contributed by atoms with Gasteiger partial charge in [0.15, 0.2) is 0 Å². The highest BCUT2D eigenvalue weighted by atomic mass is 15.0. The number of piperidine rings is 1. The number of nitrogens with one attached hydrogen (secondary N) is 1. The zero-order valence-electron chi connectivity index (χ0n) is 6.06. The smallest absolute Gasteiger partial charge is 0.0216 e. The minimum absolute atomic E-state index is 0.406. The summed E-state index contributed by atoms with van der Waals surface area (Å²) in [5.41, 5.74) is 5.83. The Morgan fingerprint density at radius 3 is 2.89 bits per heavy atom. The van der Waals surface area contributed by atoms with Gasteiger partial charge in [0.2, 0.25) is 0 Å². The molecule has 0 aromatic rings. The molecule has 1 heterocycles. The van der Waals surface area contributed by atoms with E-state index in [9.17, 15) is 0 Å². The second-order valence-corrected chi connectivity index (χ2v) is 2.77. The van der Waals surface area contributed by atoms with Crippen LogP contribution in [0.2, 0.25) is 0 Å². The molecule has 2 atom stereocenters. The first-order chi connectivity index (χ1) is 4.34. The lowest BCUT2D eigenvalue weighted by atomic mass is 9.98. The molecule has 1 saturated heterocycles. The van der Waals surface area contributed by atoms with Crippen molar-refractivity contribution < 1.29 is 0 Å². The maximum Gasteiger partial charge on any atom is 0.0216 e. The molecular weight excluding hydrogens is 112 g/mol. The van der Waals surface area contributed by atoms with Crippen LogP contribution < -0.4 is 11.1 Å². The molecule has 2 nitrogen and oxygen atoms in total. The molecule has 0 aliphatic carbocycles. The zero-order valence-corrected chi connectivity index (χ0v) is 6.06. The molecule has 0 aromatic carbocycles. The summed E-state index contributed by atoms with van der Waals surface area (Å²) in [4.78, 5) is 0. The van der Waals surface area contributed by atoms with Gasteiger partial charge in [-0.2, -0.15) is 0 Å². The summed E-state index contributed by atoms with van der Waals surface area (Å²) in [6.07, 6.45) is 3.62. The summed E-state index contributed by atoms with van der Waals surface area (Å²) in [7, 11) is 0. The van der Waals surface area contributed by atoms with Crippen molar-refractivity contribution in [3.63, 3.8) is 0 Å². The van der Waals surface area contributed by atoms with Crippen molar-refractivity contribution in [3.8, 4) is 0 Å². The fourth-order valence-corrected chi connectivity index (χ4v) is 1.42. The van der Waals surface area contributed by atoms with E-state index in [4.69, 9.17) is 5.73 Å².